The number of methoxy groups -OCH3 is 2. The van der Waals surface area contributed by atoms with Crippen molar-refractivity contribution in [3.05, 3.63) is 76.2 Å². The molecule has 0 atom stereocenters. The molecule has 2 amide bonds. The fraction of sp³-hybridized carbons (Fsp3) is 0.385. The van der Waals surface area contributed by atoms with Crippen molar-refractivity contribution in [3.63, 3.8) is 0 Å². The molecule has 1 aliphatic heterocycles. The molecule has 2 aromatic rings. The maximum atomic E-state index is 13.6. The molecule has 0 N–H and O–H groups in total. The number of hydrogen-bond donors (Lipinski definition) is 0. The minimum atomic E-state index is -0.331. The number of ether oxygens (including phenoxy) is 2. The van der Waals surface area contributed by atoms with Gasteiger partial charge in [0.15, 0.2) is 0 Å². The van der Waals surface area contributed by atoms with Crippen LogP contribution in [0.25, 0.3) is 5.57 Å². The third kappa shape index (κ3) is 5.67. The van der Waals surface area contributed by atoms with Gasteiger partial charge in [0, 0.05) is 33.9 Å². The van der Waals surface area contributed by atoms with E-state index < -0.39 is 0 Å². The minimum Gasteiger partial charge on any atom is -0.383 e. The summed E-state index contributed by atoms with van der Waals surface area (Å²) in [6.07, 6.45) is 0.446. The maximum Gasteiger partial charge on any atom is 0.277 e. The van der Waals surface area contributed by atoms with Crippen LogP contribution in [-0.2, 0) is 25.5 Å². The molecule has 7 heteroatoms. The molecular weight excluding hydrogens is 423 g/mol. The molecule has 1 heterocycles. The van der Waals surface area contributed by atoms with E-state index in [2.05, 4.69) is 0 Å². The van der Waals surface area contributed by atoms with Crippen molar-refractivity contribution >= 4 is 17.4 Å². The second-order valence-electron chi connectivity index (χ2n) is 8.13. The summed E-state index contributed by atoms with van der Waals surface area (Å²) in [7, 11) is 3.20. The summed E-state index contributed by atoms with van der Waals surface area (Å²) in [6.45, 7) is 5.93. The smallest absolute Gasteiger partial charge is 0.277 e. The predicted molar refractivity (Wildman–Crippen MR) is 125 cm³/mol. The number of rotatable bonds is 11. The molecule has 6 nitrogen and oxygen atoms in total. The van der Waals surface area contributed by atoms with Gasteiger partial charge in [0.05, 0.1) is 18.8 Å². The highest BCUT2D eigenvalue weighted by atomic mass is 19.1. The number of benzene rings is 2. The largest absolute Gasteiger partial charge is 0.383 e. The molecule has 33 heavy (non-hydrogen) atoms. The van der Waals surface area contributed by atoms with E-state index in [-0.39, 0.29) is 24.2 Å². The van der Waals surface area contributed by atoms with Gasteiger partial charge in [0.1, 0.15) is 11.5 Å². The highest BCUT2D eigenvalue weighted by molar-refractivity contribution is 6.35. The van der Waals surface area contributed by atoms with Crippen LogP contribution in [0.3, 0.4) is 0 Å². The standard InChI is InChI=1S/C26H31FN2O4/c1-18-5-8-21(17-19(18)2)23-24(28(13-15-32-3)14-16-33-4)26(31)29(25(23)30)12-11-20-6-9-22(27)10-7-20/h5-10,17H,11-16H2,1-4H3. The summed E-state index contributed by atoms with van der Waals surface area (Å²) in [6, 6.07) is 11.9. The van der Waals surface area contributed by atoms with Gasteiger partial charge in [-0.15, -0.1) is 0 Å². The van der Waals surface area contributed by atoms with Gasteiger partial charge in [-0.05, 0) is 54.7 Å². The Labute approximate surface area is 194 Å². The topological polar surface area (TPSA) is 59.1 Å². The summed E-state index contributed by atoms with van der Waals surface area (Å²) in [5, 5.41) is 0. The molecule has 0 unspecified atom stereocenters. The first kappa shape index (κ1) is 24.6. The zero-order valence-corrected chi connectivity index (χ0v) is 19.7. The average molecular weight is 455 g/mol. The van der Waals surface area contributed by atoms with E-state index in [9.17, 15) is 14.0 Å². The quantitative estimate of drug-likeness (QED) is 0.488. The lowest BCUT2D eigenvalue weighted by Gasteiger charge is -2.25. The molecule has 0 radical (unpaired) electrons. The Morgan fingerprint density at radius 1 is 0.879 bits per heavy atom. The highest BCUT2D eigenvalue weighted by Gasteiger charge is 2.41. The van der Waals surface area contributed by atoms with E-state index >= 15 is 0 Å². The van der Waals surface area contributed by atoms with Crippen LogP contribution in [-0.4, -0.2) is 68.7 Å². The lowest BCUT2D eigenvalue weighted by molar-refractivity contribution is -0.137. The number of imide groups is 1. The van der Waals surface area contributed by atoms with E-state index in [1.165, 1.54) is 17.0 Å². The van der Waals surface area contributed by atoms with Crippen molar-refractivity contribution in [2.75, 3.05) is 47.1 Å². The van der Waals surface area contributed by atoms with E-state index in [4.69, 9.17) is 9.47 Å². The van der Waals surface area contributed by atoms with Gasteiger partial charge >= 0.3 is 0 Å². The number of carbonyl (C=O) groups excluding carboxylic acids is 2. The van der Waals surface area contributed by atoms with Crippen molar-refractivity contribution in [1.82, 2.24) is 9.80 Å². The Balaban J connectivity index is 1.98. The zero-order valence-electron chi connectivity index (χ0n) is 19.7. The van der Waals surface area contributed by atoms with Crippen LogP contribution >= 0.6 is 0 Å². The molecule has 0 spiro atoms. The van der Waals surface area contributed by atoms with Crippen molar-refractivity contribution in [2.24, 2.45) is 0 Å². The predicted octanol–water partition coefficient (Wildman–Crippen LogP) is 3.36. The lowest BCUT2D eigenvalue weighted by atomic mass is 9.99. The van der Waals surface area contributed by atoms with Crippen LogP contribution in [0.1, 0.15) is 22.3 Å². The molecule has 0 bridgehead atoms. The number of halogens is 1. The maximum absolute atomic E-state index is 13.6. The third-order valence-electron chi connectivity index (χ3n) is 5.92. The second-order valence-corrected chi connectivity index (χ2v) is 8.13. The SMILES string of the molecule is COCCN(CCOC)C1=C(c2ccc(C)c(C)c2)C(=O)N(CCc2ccc(F)cc2)C1=O. The molecule has 0 aliphatic carbocycles. The van der Waals surface area contributed by atoms with Crippen LogP contribution in [0.15, 0.2) is 48.2 Å². The Morgan fingerprint density at radius 3 is 2.09 bits per heavy atom. The van der Waals surface area contributed by atoms with Gasteiger partial charge in [-0.1, -0.05) is 30.3 Å². The fourth-order valence-electron chi connectivity index (χ4n) is 3.85. The van der Waals surface area contributed by atoms with Crippen LogP contribution in [0.4, 0.5) is 4.39 Å². The molecule has 0 fully saturated rings. The summed E-state index contributed by atoms with van der Waals surface area (Å²) in [5.41, 5.74) is 4.50. The minimum absolute atomic E-state index is 0.212. The van der Waals surface area contributed by atoms with Crippen LogP contribution in [0.5, 0.6) is 0 Å². The van der Waals surface area contributed by atoms with E-state index in [0.29, 0.717) is 44.0 Å². The number of hydrogen-bond acceptors (Lipinski definition) is 5. The zero-order chi connectivity index (χ0) is 24.0. The molecule has 3 rings (SSSR count). The van der Waals surface area contributed by atoms with Crippen molar-refractivity contribution in [3.8, 4) is 0 Å². The first-order valence-corrected chi connectivity index (χ1v) is 11.0. The van der Waals surface area contributed by atoms with Crippen LogP contribution in [0, 0.1) is 19.7 Å². The molecular formula is C26H31FN2O4. The summed E-state index contributed by atoms with van der Waals surface area (Å²) >= 11 is 0. The third-order valence-corrected chi connectivity index (χ3v) is 5.92. The van der Waals surface area contributed by atoms with Gasteiger partial charge in [-0.2, -0.15) is 0 Å². The molecule has 0 saturated carbocycles. The van der Waals surface area contributed by atoms with E-state index in [1.807, 2.05) is 36.9 Å². The molecule has 0 saturated heterocycles. The number of amides is 2. The Morgan fingerprint density at radius 2 is 1.52 bits per heavy atom. The number of carbonyl (C=O) groups is 2. The molecule has 2 aromatic carbocycles. The first-order valence-electron chi connectivity index (χ1n) is 11.0. The van der Waals surface area contributed by atoms with Gasteiger partial charge < -0.3 is 14.4 Å². The van der Waals surface area contributed by atoms with Crippen molar-refractivity contribution in [1.29, 1.82) is 0 Å². The van der Waals surface area contributed by atoms with Crippen molar-refractivity contribution in [2.45, 2.75) is 20.3 Å². The molecule has 1 aliphatic rings. The molecule has 0 aromatic heterocycles. The second kappa shape index (κ2) is 11.2. The normalized spacial score (nSPS) is 13.9. The first-order chi connectivity index (χ1) is 15.9. The van der Waals surface area contributed by atoms with Gasteiger partial charge in [-0.3, -0.25) is 14.5 Å². The monoisotopic (exact) mass is 454 g/mol. The van der Waals surface area contributed by atoms with Crippen LogP contribution in [0.2, 0.25) is 0 Å². The Hall–Kier alpha value is -3.03. The number of aryl methyl sites for hydroxylation is 2. The Kier molecular flexibility index (Phi) is 8.36. The van der Waals surface area contributed by atoms with Gasteiger partial charge in [0.25, 0.3) is 11.8 Å². The highest BCUT2D eigenvalue weighted by Crippen LogP contribution is 2.32. The van der Waals surface area contributed by atoms with E-state index in [1.54, 1.807) is 26.4 Å². The van der Waals surface area contributed by atoms with E-state index in [0.717, 1.165) is 22.3 Å². The average Bonchev–Trinajstić information content (AvgIpc) is 3.05. The molecule has 176 valence electrons. The summed E-state index contributed by atoms with van der Waals surface area (Å²) in [4.78, 5) is 30.3. The van der Waals surface area contributed by atoms with Crippen molar-refractivity contribution < 1.29 is 23.5 Å². The Bertz CT molecular complexity index is 1030. The summed E-state index contributed by atoms with van der Waals surface area (Å²) < 4.78 is 23.7. The fourth-order valence-corrected chi connectivity index (χ4v) is 3.85. The lowest BCUT2D eigenvalue weighted by Crippen LogP contribution is -2.38. The van der Waals surface area contributed by atoms with Crippen LogP contribution < -0.4 is 0 Å². The van der Waals surface area contributed by atoms with Gasteiger partial charge in [0.2, 0.25) is 0 Å². The van der Waals surface area contributed by atoms with Gasteiger partial charge in [-0.25, -0.2) is 4.39 Å². The summed E-state index contributed by atoms with van der Waals surface area (Å²) in [5.74, 6) is -0.970. The number of nitrogens with zero attached hydrogens (tertiary/aromatic N) is 2.